The van der Waals surface area contributed by atoms with Gasteiger partial charge in [-0.15, -0.1) is 11.3 Å². The Kier molecular flexibility index (Phi) is 5.95. The van der Waals surface area contributed by atoms with E-state index in [9.17, 15) is 14.7 Å². The maximum atomic E-state index is 13.3. The first kappa shape index (κ1) is 21.9. The van der Waals surface area contributed by atoms with Crippen molar-refractivity contribution in [1.82, 2.24) is 0 Å². The van der Waals surface area contributed by atoms with Crippen molar-refractivity contribution < 1.29 is 24.2 Å². The number of aryl methyl sites for hydroxylation is 1. The molecule has 1 N–H and O–H groups in total. The van der Waals surface area contributed by atoms with Gasteiger partial charge < -0.3 is 14.6 Å². The van der Waals surface area contributed by atoms with Crippen LogP contribution >= 0.6 is 22.9 Å². The third kappa shape index (κ3) is 3.74. The van der Waals surface area contributed by atoms with Crippen LogP contribution in [0.3, 0.4) is 0 Å². The Balaban J connectivity index is 1.96. The number of nitrogens with zero attached hydrogens (tertiary/aromatic N) is 1. The van der Waals surface area contributed by atoms with E-state index in [1.807, 2.05) is 18.4 Å². The summed E-state index contributed by atoms with van der Waals surface area (Å²) in [6.45, 7) is 1.90. The molecule has 1 aromatic heterocycles. The van der Waals surface area contributed by atoms with Gasteiger partial charge in [0.05, 0.1) is 25.5 Å². The molecule has 3 aromatic rings. The number of rotatable bonds is 5. The van der Waals surface area contributed by atoms with Gasteiger partial charge in [0.25, 0.3) is 11.7 Å². The largest absolute Gasteiger partial charge is 0.507 e. The summed E-state index contributed by atoms with van der Waals surface area (Å²) in [4.78, 5) is 28.6. The van der Waals surface area contributed by atoms with Crippen molar-refractivity contribution in [2.75, 3.05) is 19.1 Å². The molecule has 6 nitrogen and oxygen atoms in total. The lowest BCUT2D eigenvalue weighted by molar-refractivity contribution is -0.132. The van der Waals surface area contributed by atoms with E-state index >= 15 is 0 Å². The fraction of sp³-hybridized carbons (Fsp3) is 0.167. The zero-order chi connectivity index (χ0) is 23.0. The molecule has 1 saturated heterocycles. The van der Waals surface area contributed by atoms with Crippen molar-refractivity contribution in [3.8, 4) is 11.5 Å². The number of carbonyl (C=O) groups excluding carboxylic acids is 2. The molecule has 164 valence electrons. The minimum absolute atomic E-state index is 0.0182. The molecule has 0 bridgehead atoms. The average molecular weight is 470 g/mol. The number of methoxy groups -OCH3 is 2. The third-order valence-electron chi connectivity index (χ3n) is 5.33. The first-order valence-electron chi connectivity index (χ1n) is 9.69. The van der Waals surface area contributed by atoms with Crippen LogP contribution in [-0.2, 0) is 9.59 Å². The monoisotopic (exact) mass is 469 g/mol. The number of thiophene rings is 1. The van der Waals surface area contributed by atoms with Gasteiger partial charge >= 0.3 is 0 Å². The van der Waals surface area contributed by atoms with Gasteiger partial charge in [0.15, 0.2) is 0 Å². The average Bonchev–Trinajstić information content (AvgIpc) is 3.33. The van der Waals surface area contributed by atoms with Crippen LogP contribution in [0.25, 0.3) is 5.76 Å². The van der Waals surface area contributed by atoms with Crippen molar-refractivity contribution in [2.24, 2.45) is 0 Å². The van der Waals surface area contributed by atoms with E-state index in [1.54, 1.807) is 42.5 Å². The SMILES string of the molecule is COc1cc(OC)cc(N2C(=O)C(=O)/C(=C(\O)c3ccc(Cl)cc3)C2c2sccc2C)c1. The molecule has 0 spiro atoms. The lowest BCUT2D eigenvalue weighted by Gasteiger charge is -2.25. The van der Waals surface area contributed by atoms with Crippen molar-refractivity contribution in [3.05, 3.63) is 80.5 Å². The Bertz CT molecular complexity index is 1210. The number of amides is 1. The molecule has 8 heteroatoms. The zero-order valence-corrected chi connectivity index (χ0v) is 19.2. The number of ether oxygens (including phenoxy) is 2. The number of aliphatic hydroxyl groups excluding tert-OH is 1. The van der Waals surface area contributed by atoms with E-state index in [4.69, 9.17) is 21.1 Å². The number of aliphatic hydroxyl groups is 1. The van der Waals surface area contributed by atoms with Crippen LogP contribution in [0.1, 0.15) is 22.0 Å². The quantitative estimate of drug-likeness (QED) is 0.309. The summed E-state index contributed by atoms with van der Waals surface area (Å²) in [5.74, 6) is -0.818. The lowest BCUT2D eigenvalue weighted by Crippen LogP contribution is -2.29. The van der Waals surface area contributed by atoms with Crippen LogP contribution in [0.4, 0.5) is 5.69 Å². The molecule has 0 radical (unpaired) electrons. The number of ketones is 1. The van der Waals surface area contributed by atoms with Crippen LogP contribution in [0.2, 0.25) is 5.02 Å². The molecular weight excluding hydrogens is 450 g/mol. The number of anilines is 1. The highest BCUT2D eigenvalue weighted by atomic mass is 35.5. The molecule has 1 aliphatic rings. The number of benzene rings is 2. The predicted octanol–water partition coefficient (Wildman–Crippen LogP) is 5.35. The van der Waals surface area contributed by atoms with Gasteiger partial charge in [0.2, 0.25) is 0 Å². The van der Waals surface area contributed by atoms with E-state index < -0.39 is 17.7 Å². The Labute approximate surface area is 194 Å². The molecule has 1 aliphatic heterocycles. The van der Waals surface area contributed by atoms with E-state index in [0.29, 0.717) is 27.8 Å². The second kappa shape index (κ2) is 8.68. The normalized spacial score (nSPS) is 17.6. The third-order valence-corrected chi connectivity index (χ3v) is 6.65. The van der Waals surface area contributed by atoms with Gasteiger partial charge in [-0.05, 0) is 48.2 Å². The highest BCUT2D eigenvalue weighted by molar-refractivity contribution is 7.10. The molecule has 1 atom stereocenters. The summed E-state index contributed by atoms with van der Waals surface area (Å²) in [7, 11) is 3.02. The van der Waals surface area contributed by atoms with E-state index in [0.717, 1.165) is 10.4 Å². The van der Waals surface area contributed by atoms with Gasteiger partial charge in [-0.1, -0.05) is 11.6 Å². The van der Waals surface area contributed by atoms with Gasteiger partial charge in [-0.2, -0.15) is 0 Å². The number of hydrogen-bond acceptors (Lipinski definition) is 6. The highest BCUT2D eigenvalue weighted by Crippen LogP contribution is 2.46. The second-order valence-electron chi connectivity index (χ2n) is 7.21. The van der Waals surface area contributed by atoms with E-state index in [1.165, 1.54) is 30.5 Å². The number of hydrogen-bond donors (Lipinski definition) is 1. The van der Waals surface area contributed by atoms with Crippen molar-refractivity contribution in [1.29, 1.82) is 0 Å². The summed E-state index contributed by atoms with van der Waals surface area (Å²) >= 11 is 7.38. The summed E-state index contributed by atoms with van der Waals surface area (Å²) in [6.07, 6.45) is 0. The minimum atomic E-state index is -0.803. The summed E-state index contributed by atoms with van der Waals surface area (Å²) < 4.78 is 10.7. The molecule has 0 saturated carbocycles. The zero-order valence-electron chi connectivity index (χ0n) is 17.6. The Morgan fingerprint density at radius 3 is 2.19 bits per heavy atom. The van der Waals surface area contributed by atoms with Crippen LogP contribution < -0.4 is 14.4 Å². The number of Topliss-reactive ketones (excluding diaryl/α,β-unsaturated/α-hetero) is 1. The standard InChI is InChI=1S/C24H20ClNO5S/c1-13-8-9-32-23(13)20-19(21(27)14-4-6-15(25)7-5-14)22(28)24(29)26(20)16-10-17(30-2)12-18(11-16)31-3/h4-12,20,27H,1-3H3/b21-19-. The van der Waals surface area contributed by atoms with Gasteiger partial charge in [0.1, 0.15) is 23.3 Å². The van der Waals surface area contributed by atoms with E-state index in [-0.39, 0.29) is 11.3 Å². The first-order valence-corrected chi connectivity index (χ1v) is 11.0. The molecule has 1 amide bonds. The summed E-state index contributed by atoms with van der Waals surface area (Å²) in [6, 6.07) is 12.6. The van der Waals surface area contributed by atoms with Gasteiger partial charge in [-0.25, -0.2) is 0 Å². The lowest BCUT2D eigenvalue weighted by atomic mass is 9.98. The maximum Gasteiger partial charge on any atom is 0.300 e. The van der Waals surface area contributed by atoms with Crippen LogP contribution in [0.15, 0.2) is 59.5 Å². The number of carbonyl (C=O) groups is 2. The molecule has 2 aromatic carbocycles. The molecule has 4 rings (SSSR count). The fourth-order valence-corrected chi connectivity index (χ4v) is 4.86. The topological polar surface area (TPSA) is 76.1 Å². The molecule has 1 fully saturated rings. The van der Waals surface area contributed by atoms with Crippen LogP contribution in [0.5, 0.6) is 11.5 Å². The Morgan fingerprint density at radius 1 is 1.03 bits per heavy atom. The molecule has 2 heterocycles. The second-order valence-corrected chi connectivity index (χ2v) is 8.60. The smallest absolute Gasteiger partial charge is 0.300 e. The van der Waals surface area contributed by atoms with Crippen molar-refractivity contribution >= 4 is 46.1 Å². The number of halogens is 1. The molecular formula is C24H20ClNO5S. The molecule has 0 aliphatic carbocycles. The van der Waals surface area contributed by atoms with Crippen molar-refractivity contribution in [2.45, 2.75) is 13.0 Å². The predicted molar refractivity (Wildman–Crippen MR) is 125 cm³/mol. The summed E-state index contributed by atoms with van der Waals surface area (Å²) in [5, 5.41) is 13.5. The van der Waals surface area contributed by atoms with Gasteiger partial charge in [-0.3, -0.25) is 14.5 Å². The Hall–Kier alpha value is -3.29. The summed E-state index contributed by atoms with van der Waals surface area (Å²) in [5.41, 5.74) is 1.75. The van der Waals surface area contributed by atoms with Crippen molar-refractivity contribution in [3.63, 3.8) is 0 Å². The first-order chi connectivity index (χ1) is 15.3. The minimum Gasteiger partial charge on any atom is -0.507 e. The highest BCUT2D eigenvalue weighted by Gasteiger charge is 2.48. The van der Waals surface area contributed by atoms with Crippen LogP contribution in [0, 0.1) is 6.92 Å². The Morgan fingerprint density at radius 2 is 1.66 bits per heavy atom. The maximum absolute atomic E-state index is 13.3. The van der Waals surface area contributed by atoms with Gasteiger partial charge in [0, 0.05) is 33.7 Å². The molecule has 32 heavy (non-hydrogen) atoms. The fourth-order valence-electron chi connectivity index (χ4n) is 3.71. The molecule has 1 unspecified atom stereocenters. The van der Waals surface area contributed by atoms with E-state index in [2.05, 4.69) is 0 Å². The van der Waals surface area contributed by atoms with Crippen LogP contribution in [-0.4, -0.2) is 31.0 Å².